The van der Waals surface area contributed by atoms with Gasteiger partial charge in [-0.3, -0.25) is 37.3 Å². The molecule has 0 bridgehead atoms. The van der Waals surface area contributed by atoms with E-state index in [1.807, 2.05) is 0 Å². The van der Waals surface area contributed by atoms with Crippen molar-refractivity contribution in [2.24, 2.45) is 0 Å². The molecule has 17 nitrogen and oxygen atoms in total. The number of carbonyl (C=O) groups is 4. The Morgan fingerprint density at radius 2 is 0.469 bits per heavy atom. The average Bonchev–Trinajstić information content (AvgIpc) is 1.07. The lowest BCUT2D eigenvalue weighted by Crippen LogP contribution is -2.30. The summed E-state index contributed by atoms with van der Waals surface area (Å²) < 4.78 is 68.6. The van der Waals surface area contributed by atoms with Crippen LogP contribution >= 0.6 is 15.6 Å². The molecular formula is C79H150O17P2. The molecule has 578 valence electrons. The number of aliphatic hydroxyl groups excluding tert-OH is 1. The second-order valence-corrected chi connectivity index (χ2v) is 30.6. The Kier molecular flexibility index (Phi) is 71.0. The highest BCUT2D eigenvalue weighted by molar-refractivity contribution is 7.47. The van der Waals surface area contributed by atoms with Crippen molar-refractivity contribution in [3.05, 3.63) is 24.3 Å². The molecule has 0 rings (SSSR count). The van der Waals surface area contributed by atoms with Crippen molar-refractivity contribution in [2.75, 3.05) is 39.6 Å². The third-order valence-electron chi connectivity index (χ3n) is 17.9. The topological polar surface area (TPSA) is 237 Å². The van der Waals surface area contributed by atoms with Gasteiger partial charge in [0.05, 0.1) is 26.4 Å². The van der Waals surface area contributed by atoms with Crippen molar-refractivity contribution in [2.45, 2.75) is 418 Å². The van der Waals surface area contributed by atoms with Crippen LogP contribution in [0, 0.1) is 0 Å². The van der Waals surface area contributed by atoms with E-state index >= 15 is 0 Å². The van der Waals surface area contributed by atoms with Crippen molar-refractivity contribution >= 4 is 39.5 Å². The lowest BCUT2D eigenvalue weighted by atomic mass is 10.0. The van der Waals surface area contributed by atoms with Gasteiger partial charge in [0, 0.05) is 25.7 Å². The zero-order chi connectivity index (χ0) is 71.8. The van der Waals surface area contributed by atoms with Crippen LogP contribution in [0.2, 0.25) is 0 Å². The van der Waals surface area contributed by atoms with Crippen molar-refractivity contribution in [3.8, 4) is 0 Å². The summed E-state index contributed by atoms with van der Waals surface area (Å²) in [6, 6.07) is 0. The number of allylic oxidation sites excluding steroid dienone is 4. The first kappa shape index (κ1) is 95.5. The number of carbonyl (C=O) groups excluding carboxylic acids is 4. The lowest BCUT2D eigenvalue weighted by Gasteiger charge is -2.21. The van der Waals surface area contributed by atoms with E-state index in [2.05, 4.69) is 52.0 Å². The van der Waals surface area contributed by atoms with Crippen LogP contribution in [-0.2, 0) is 65.4 Å². The normalized spacial score (nSPS) is 14.0. The molecule has 0 spiro atoms. The summed E-state index contributed by atoms with van der Waals surface area (Å²) in [5, 5.41) is 10.6. The standard InChI is InChI=1S/C79H150O17P2/c1-5-9-13-17-21-25-29-33-36-40-43-47-51-55-59-63-76(81)89-69-74(95-78(83)65-61-57-53-49-45-39-32-28-24-20-16-12-8-4)71-93-97(85,86)91-67-73(80)68-92-98(87,88)94-72-75(96-79(84)66-62-58-54-50-46-42-38-35-31-27-23-19-15-11-7-3)70-90-77(82)64-60-56-52-48-44-41-37-34-30-26-22-18-14-10-6-2/h28,32,34,37,73-75,80H,5-27,29-31,33,35-36,38-72H2,1-4H3,(H,85,86)(H,87,88)/b32-28-,37-34-. The predicted octanol–water partition coefficient (Wildman–Crippen LogP) is 23.3. The second-order valence-electron chi connectivity index (χ2n) is 27.7. The van der Waals surface area contributed by atoms with E-state index in [0.29, 0.717) is 25.7 Å². The van der Waals surface area contributed by atoms with Gasteiger partial charge in [-0.2, -0.15) is 0 Å². The van der Waals surface area contributed by atoms with Gasteiger partial charge >= 0.3 is 39.5 Å². The largest absolute Gasteiger partial charge is 0.472 e. The highest BCUT2D eigenvalue weighted by atomic mass is 31.2. The van der Waals surface area contributed by atoms with Crippen molar-refractivity contribution in [3.63, 3.8) is 0 Å². The van der Waals surface area contributed by atoms with Gasteiger partial charge in [0.25, 0.3) is 0 Å². The van der Waals surface area contributed by atoms with Gasteiger partial charge in [0.2, 0.25) is 0 Å². The fourth-order valence-electron chi connectivity index (χ4n) is 11.7. The van der Waals surface area contributed by atoms with E-state index in [-0.39, 0.29) is 25.7 Å². The minimum atomic E-state index is -4.96. The van der Waals surface area contributed by atoms with Gasteiger partial charge < -0.3 is 33.8 Å². The molecule has 0 aliphatic rings. The lowest BCUT2D eigenvalue weighted by molar-refractivity contribution is -0.161. The number of hydrogen-bond acceptors (Lipinski definition) is 15. The molecule has 0 aromatic heterocycles. The number of esters is 4. The summed E-state index contributed by atoms with van der Waals surface area (Å²) in [5.74, 6) is -2.14. The number of phosphoric acid groups is 2. The van der Waals surface area contributed by atoms with Gasteiger partial charge in [-0.25, -0.2) is 9.13 Å². The third kappa shape index (κ3) is 71.9. The smallest absolute Gasteiger partial charge is 0.462 e. The number of ether oxygens (including phenoxy) is 4. The Bertz CT molecular complexity index is 1950. The molecule has 3 N–H and O–H groups in total. The molecule has 0 fully saturated rings. The third-order valence-corrected chi connectivity index (χ3v) is 19.8. The zero-order valence-electron chi connectivity index (χ0n) is 63.2. The molecule has 0 amide bonds. The summed E-state index contributed by atoms with van der Waals surface area (Å²) in [6.07, 6.45) is 67.2. The molecule has 0 saturated carbocycles. The summed E-state index contributed by atoms with van der Waals surface area (Å²) in [5.41, 5.74) is 0. The Morgan fingerprint density at radius 3 is 0.714 bits per heavy atom. The molecule has 19 heteroatoms. The Labute approximate surface area is 599 Å². The van der Waals surface area contributed by atoms with Crippen molar-refractivity contribution in [1.29, 1.82) is 0 Å². The first-order chi connectivity index (χ1) is 47.7. The second kappa shape index (κ2) is 72.9. The number of hydrogen-bond donors (Lipinski definition) is 3. The van der Waals surface area contributed by atoms with Gasteiger partial charge in [-0.15, -0.1) is 0 Å². The Balaban J connectivity index is 5.29. The molecule has 0 aromatic rings. The first-order valence-corrected chi connectivity index (χ1v) is 43.6. The maximum atomic E-state index is 13.1. The molecule has 0 radical (unpaired) electrons. The number of unbranched alkanes of at least 4 members (excludes halogenated alkanes) is 48. The summed E-state index contributed by atoms with van der Waals surface area (Å²) in [7, 11) is -9.93. The van der Waals surface area contributed by atoms with Gasteiger partial charge in [0.15, 0.2) is 12.2 Å². The molecule has 0 heterocycles. The minimum Gasteiger partial charge on any atom is -0.462 e. The SMILES string of the molecule is CCCCCC/C=C\CCCCCCCC(=O)OC(COC(=O)CCCCCCCCCCCCCCCCC)COP(=O)(O)OCC(O)COP(=O)(O)OCC(COC(=O)CCCCCCC/C=C\CCCCCCCC)OC(=O)CCCCCCCCCCCCCCCCC. The molecule has 0 saturated heterocycles. The first-order valence-electron chi connectivity index (χ1n) is 40.6. The molecule has 0 aliphatic carbocycles. The van der Waals surface area contributed by atoms with E-state index in [1.54, 1.807) is 0 Å². The van der Waals surface area contributed by atoms with Crippen LogP contribution in [0.3, 0.4) is 0 Å². The Hall–Kier alpha value is -2.46. The predicted molar refractivity (Wildman–Crippen MR) is 400 cm³/mol. The van der Waals surface area contributed by atoms with Crippen LogP contribution in [0.1, 0.15) is 400 Å². The Morgan fingerprint density at radius 1 is 0.276 bits per heavy atom. The fourth-order valence-corrected chi connectivity index (χ4v) is 13.3. The maximum absolute atomic E-state index is 13.1. The van der Waals surface area contributed by atoms with Crippen LogP contribution < -0.4 is 0 Å². The number of phosphoric ester groups is 2. The molecule has 98 heavy (non-hydrogen) atoms. The maximum Gasteiger partial charge on any atom is 0.472 e. The molecule has 5 atom stereocenters. The molecule has 5 unspecified atom stereocenters. The van der Waals surface area contributed by atoms with Crippen LogP contribution in [0.5, 0.6) is 0 Å². The van der Waals surface area contributed by atoms with Crippen LogP contribution in [0.25, 0.3) is 0 Å². The monoisotopic (exact) mass is 1430 g/mol. The van der Waals surface area contributed by atoms with E-state index < -0.39 is 97.5 Å². The van der Waals surface area contributed by atoms with Gasteiger partial charge in [-0.1, -0.05) is 322 Å². The van der Waals surface area contributed by atoms with Crippen molar-refractivity contribution < 1.29 is 80.2 Å². The van der Waals surface area contributed by atoms with Gasteiger partial charge in [-0.05, 0) is 77.0 Å². The van der Waals surface area contributed by atoms with E-state index in [1.165, 1.54) is 199 Å². The van der Waals surface area contributed by atoms with Crippen LogP contribution in [-0.4, -0.2) is 96.7 Å². The van der Waals surface area contributed by atoms with Crippen LogP contribution in [0.4, 0.5) is 0 Å². The van der Waals surface area contributed by atoms with E-state index in [0.717, 1.165) is 122 Å². The molecule has 0 aliphatic heterocycles. The molecule has 0 aromatic carbocycles. The highest BCUT2D eigenvalue weighted by Gasteiger charge is 2.30. The minimum absolute atomic E-state index is 0.0935. The summed E-state index contributed by atoms with van der Waals surface area (Å²) in [4.78, 5) is 73.0. The quantitative estimate of drug-likeness (QED) is 0.0169. The fraction of sp³-hybridized carbons (Fsp3) is 0.899. The summed E-state index contributed by atoms with van der Waals surface area (Å²) in [6.45, 7) is 4.95. The number of rotatable bonds is 78. The zero-order valence-corrected chi connectivity index (χ0v) is 65.0. The molecular weight excluding hydrogens is 1280 g/mol. The highest BCUT2D eigenvalue weighted by Crippen LogP contribution is 2.45. The average molecular weight is 1430 g/mol. The van der Waals surface area contributed by atoms with Gasteiger partial charge in [0.1, 0.15) is 19.3 Å². The number of aliphatic hydroxyl groups is 1. The summed E-state index contributed by atoms with van der Waals surface area (Å²) >= 11 is 0. The van der Waals surface area contributed by atoms with E-state index in [4.69, 9.17) is 37.0 Å². The van der Waals surface area contributed by atoms with Crippen LogP contribution in [0.15, 0.2) is 24.3 Å². The van der Waals surface area contributed by atoms with E-state index in [9.17, 15) is 43.2 Å². The van der Waals surface area contributed by atoms with Crippen molar-refractivity contribution in [1.82, 2.24) is 0 Å².